The molecule has 4 rings (SSSR count). The monoisotopic (exact) mass is 438 g/mol. The average molecular weight is 439 g/mol. The first-order chi connectivity index (χ1) is 15.1. The summed E-state index contributed by atoms with van der Waals surface area (Å²) in [6, 6.07) is 15.9. The fourth-order valence-corrected chi connectivity index (χ4v) is 4.63. The minimum Gasteiger partial charge on any atom is -0.494 e. The molecule has 1 fully saturated rings. The summed E-state index contributed by atoms with van der Waals surface area (Å²) < 4.78 is 7.64. The van der Waals surface area contributed by atoms with Crippen LogP contribution in [-0.2, 0) is 9.59 Å². The van der Waals surface area contributed by atoms with Crippen molar-refractivity contribution in [2.45, 2.75) is 19.0 Å². The van der Waals surface area contributed by atoms with Crippen LogP contribution in [-0.4, -0.2) is 69.7 Å². The number of hydrogen-bond acceptors (Lipinski definition) is 5. The van der Waals surface area contributed by atoms with E-state index < -0.39 is 0 Å². The minimum absolute atomic E-state index is 0.0607. The summed E-state index contributed by atoms with van der Waals surface area (Å²) in [5.74, 6) is 1.26. The Morgan fingerprint density at radius 3 is 2.35 bits per heavy atom. The summed E-state index contributed by atoms with van der Waals surface area (Å²) in [5, 5.41) is 0.779. The van der Waals surface area contributed by atoms with Gasteiger partial charge >= 0.3 is 0 Å². The molecule has 162 valence electrons. The number of piperazine rings is 1. The third kappa shape index (κ3) is 4.69. The van der Waals surface area contributed by atoms with Crippen molar-refractivity contribution < 1.29 is 14.3 Å². The van der Waals surface area contributed by atoms with Gasteiger partial charge in [0.25, 0.3) is 0 Å². The van der Waals surface area contributed by atoms with Gasteiger partial charge in [0.1, 0.15) is 5.75 Å². The predicted octanol–water partition coefficient (Wildman–Crippen LogP) is 3.21. The molecule has 0 unspecified atom stereocenters. The largest absolute Gasteiger partial charge is 0.494 e. The molecule has 0 aliphatic carbocycles. The zero-order chi connectivity index (χ0) is 21.8. The highest BCUT2D eigenvalue weighted by Crippen LogP contribution is 2.29. The molecule has 3 aromatic rings. The number of carbonyl (C=O) groups excluding carboxylic acids is 2. The van der Waals surface area contributed by atoms with Crippen molar-refractivity contribution >= 4 is 34.6 Å². The van der Waals surface area contributed by atoms with E-state index in [1.54, 1.807) is 11.8 Å². The Hall–Kier alpha value is -3.00. The van der Waals surface area contributed by atoms with Crippen LogP contribution in [0.4, 0.5) is 0 Å². The second-order valence-electron chi connectivity index (χ2n) is 7.32. The van der Waals surface area contributed by atoms with Crippen molar-refractivity contribution in [3.05, 3.63) is 48.5 Å². The van der Waals surface area contributed by atoms with Crippen LogP contribution in [0.15, 0.2) is 53.7 Å². The molecule has 1 aliphatic heterocycles. The Morgan fingerprint density at radius 2 is 1.68 bits per heavy atom. The Bertz CT molecular complexity index is 1070. The van der Waals surface area contributed by atoms with Gasteiger partial charge in [-0.2, -0.15) is 0 Å². The van der Waals surface area contributed by atoms with Crippen LogP contribution in [0.1, 0.15) is 13.8 Å². The van der Waals surface area contributed by atoms with E-state index >= 15 is 0 Å². The van der Waals surface area contributed by atoms with E-state index in [-0.39, 0.29) is 11.8 Å². The molecule has 0 spiro atoms. The topological polar surface area (TPSA) is 67.7 Å². The number of rotatable bonds is 6. The lowest BCUT2D eigenvalue weighted by Gasteiger charge is -2.34. The van der Waals surface area contributed by atoms with E-state index in [9.17, 15) is 9.59 Å². The van der Waals surface area contributed by atoms with Crippen molar-refractivity contribution in [3.63, 3.8) is 0 Å². The fraction of sp³-hybridized carbons (Fsp3) is 0.348. The first-order valence-corrected chi connectivity index (χ1v) is 11.4. The molecule has 0 N–H and O–H groups in total. The van der Waals surface area contributed by atoms with Crippen LogP contribution >= 0.6 is 11.8 Å². The first-order valence-electron chi connectivity index (χ1n) is 10.4. The SMILES string of the molecule is CCOc1ccc(-n2c(SCC(=O)N3CCN(C(C)=O)CC3)nc3ccccc32)cc1. The van der Waals surface area contributed by atoms with E-state index in [0.29, 0.717) is 38.5 Å². The Kier molecular flexibility index (Phi) is 6.46. The van der Waals surface area contributed by atoms with Crippen LogP contribution < -0.4 is 4.74 Å². The van der Waals surface area contributed by atoms with E-state index in [0.717, 1.165) is 27.6 Å². The van der Waals surface area contributed by atoms with E-state index in [2.05, 4.69) is 4.57 Å². The van der Waals surface area contributed by atoms with Gasteiger partial charge in [-0.1, -0.05) is 23.9 Å². The van der Waals surface area contributed by atoms with Crippen LogP contribution in [0, 0.1) is 0 Å². The lowest BCUT2D eigenvalue weighted by molar-refractivity contribution is -0.136. The number of fused-ring (bicyclic) bond motifs is 1. The average Bonchev–Trinajstić information content (AvgIpc) is 3.16. The molecule has 1 aliphatic rings. The molecular weight excluding hydrogens is 412 g/mol. The number of benzene rings is 2. The third-order valence-corrected chi connectivity index (χ3v) is 6.26. The predicted molar refractivity (Wildman–Crippen MR) is 122 cm³/mol. The minimum atomic E-state index is 0.0607. The van der Waals surface area contributed by atoms with Gasteiger partial charge in [-0.15, -0.1) is 0 Å². The van der Waals surface area contributed by atoms with Gasteiger partial charge in [-0.25, -0.2) is 4.98 Å². The van der Waals surface area contributed by atoms with Gasteiger partial charge in [-0.3, -0.25) is 14.2 Å². The van der Waals surface area contributed by atoms with Crippen LogP contribution in [0.2, 0.25) is 0 Å². The van der Waals surface area contributed by atoms with Gasteiger partial charge in [0.2, 0.25) is 11.8 Å². The molecule has 0 radical (unpaired) electrons. The molecule has 0 bridgehead atoms. The van der Waals surface area contributed by atoms with Gasteiger partial charge < -0.3 is 14.5 Å². The molecule has 2 amide bonds. The van der Waals surface area contributed by atoms with E-state index in [1.807, 2.05) is 60.4 Å². The maximum atomic E-state index is 12.8. The lowest BCUT2D eigenvalue weighted by atomic mass is 10.2. The second-order valence-corrected chi connectivity index (χ2v) is 8.26. The second kappa shape index (κ2) is 9.43. The number of aromatic nitrogens is 2. The number of carbonyl (C=O) groups is 2. The van der Waals surface area contributed by atoms with Crippen LogP contribution in [0.5, 0.6) is 5.75 Å². The van der Waals surface area contributed by atoms with Crippen LogP contribution in [0.3, 0.4) is 0 Å². The summed E-state index contributed by atoms with van der Waals surface area (Å²) in [6.45, 7) is 6.49. The number of thioether (sulfide) groups is 1. The fourth-order valence-electron chi connectivity index (χ4n) is 3.70. The molecule has 2 aromatic carbocycles. The maximum Gasteiger partial charge on any atom is 0.233 e. The number of para-hydroxylation sites is 2. The first kappa shape index (κ1) is 21.2. The van der Waals surface area contributed by atoms with Gasteiger partial charge in [0.15, 0.2) is 5.16 Å². The number of imidazole rings is 1. The molecule has 31 heavy (non-hydrogen) atoms. The number of ether oxygens (including phenoxy) is 1. The maximum absolute atomic E-state index is 12.8. The molecule has 8 heteroatoms. The van der Waals surface area contributed by atoms with Crippen molar-refractivity contribution in [2.24, 2.45) is 0 Å². The van der Waals surface area contributed by atoms with Gasteiger partial charge in [-0.05, 0) is 43.3 Å². The molecule has 1 aromatic heterocycles. The zero-order valence-electron chi connectivity index (χ0n) is 17.8. The molecule has 1 saturated heterocycles. The van der Waals surface area contributed by atoms with E-state index in [4.69, 9.17) is 9.72 Å². The molecule has 0 atom stereocenters. The Labute approximate surface area is 186 Å². The molecule has 0 saturated carbocycles. The zero-order valence-corrected chi connectivity index (χ0v) is 18.6. The Balaban J connectivity index is 1.52. The van der Waals surface area contributed by atoms with Crippen molar-refractivity contribution in [2.75, 3.05) is 38.5 Å². The number of amides is 2. The summed E-state index contributed by atoms with van der Waals surface area (Å²) in [5.41, 5.74) is 2.86. The summed E-state index contributed by atoms with van der Waals surface area (Å²) in [7, 11) is 0. The Morgan fingerprint density at radius 1 is 1.00 bits per heavy atom. The molecule has 2 heterocycles. The standard InChI is InChI=1S/C23H26N4O3S/c1-3-30-19-10-8-18(9-11-19)27-21-7-5-4-6-20(21)24-23(27)31-16-22(29)26-14-12-25(13-15-26)17(2)28/h4-11H,3,12-16H2,1-2H3. The highest BCUT2D eigenvalue weighted by atomic mass is 32.2. The third-order valence-electron chi connectivity index (χ3n) is 5.34. The van der Waals surface area contributed by atoms with Gasteiger partial charge in [0.05, 0.1) is 23.4 Å². The quantitative estimate of drug-likeness (QED) is 0.553. The normalized spacial score (nSPS) is 14.1. The van der Waals surface area contributed by atoms with Crippen molar-refractivity contribution in [3.8, 4) is 11.4 Å². The van der Waals surface area contributed by atoms with Crippen molar-refractivity contribution in [1.29, 1.82) is 0 Å². The molecular formula is C23H26N4O3S. The smallest absolute Gasteiger partial charge is 0.233 e. The van der Waals surface area contributed by atoms with Crippen molar-refractivity contribution in [1.82, 2.24) is 19.4 Å². The number of hydrogen-bond donors (Lipinski definition) is 0. The highest BCUT2D eigenvalue weighted by Gasteiger charge is 2.23. The number of nitrogens with zero attached hydrogens (tertiary/aromatic N) is 4. The van der Waals surface area contributed by atoms with Gasteiger partial charge in [0, 0.05) is 38.8 Å². The summed E-state index contributed by atoms with van der Waals surface area (Å²) >= 11 is 1.44. The van der Waals surface area contributed by atoms with Crippen LogP contribution in [0.25, 0.3) is 16.7 Å². The highest BCUT2D eigenvalue weighted by molar-refractivity contribution is 7.99. The summed E-state index contributed by atoms with van der Waals surface area (Å²) in [6.07, 6.45) is 0. The summed E-state index contributed by atoms with van der Waals surface area (Å²) in [4.78, 5) is 32.7. The van der Waals surface area contributed by atoms with E-state index in [1.165, 1.54) is 11.8 Å². The lowest BCUT2D eigenvalue weighted by Crippen LogP contribution is -2.50. The molecule has 7 nitrogen and oxygen atoms in total.